The predicted octanol–water partition coefficient (Wildman–Crippen LogP) is 1.45. The van der Waals surface area contributed by atoms with Crippen LogP contribution in [-0.4, -0.2) is 50.1 Å². The van der Waals surface area contributed by atoms with Crippen LogP contribution in [0.5, 0.6) is 5.75 Å². The molecule has 2 heterocycles. The van der Waals surface area contributed by atoms with Gasteiger partial charge in [0.05, 0.1) is 26.0 Å². The van der Waals surface area contributed by atoms with Gasteiger partial charge in [-0.15, -0.1) is 6.58 Å². The molecule has 0 radical (unpaired) electrons. The minimum absolute atomic E-state index is 0.141. The second-order valence-electron chi connectivity index (χ2n) is 5.65. The zero-order valence-corrected chi connectivity index (χ0v) is 13.2. The van der Waals surface area contributed by atoms with Crippen LogP contribution in [0.4, 0.5) is 0 Å². The van der Waals surface area contributed by atoms with Gasteiger partial charge in [0.15, 0.2) is 0 Å². The summed E-state index contributed by atoms with van der Waals surface area (Å²) in [6.07, 6.45) is 6.39. The zero-order chi connectivity index (χ0) is 15.6. The maximum absolute atomic E-state index is 12.8. The van der Waals surface area contributed by atoms with Crippen molar-refractivity contribution in [1.82, 2.24) is 9.29 Å². The van der Waals surface area contributed by atoms with Gasteiger partial charge in [-0.2, -0.15) is 4.31 Å². The largest absolute Gasteiger partial charge is 0.485 e. The predicted molar refractivity (Wildman–Crippen MR) is 81.2 cm³/mol. The minimum atomic E-state index is -3.57. The fourth-order valence-electron chi connectivity index (χ4n) is 2.47. The van der Waals surface area contributed by atoms with Gasteiger partial charge >= 0.3 is 0 Å². The molecule has 0 amide bonds. The van der Waals surface area contributed by atoms with Crippen LogP contribution in [0.15, 0.2) is 36.0 Å². The van der Waals surface area contributed by atoms with E-state index < -0.39 is 10.0 Å². The normalized spacial score (nSPS) is 24.1. The van der Waals surface area contributed by atoms with Gasteiger partial charge in [-0.3, -0.25) is 4.98 Å². The second kappa shape index (κ2) is 6.36. The van der Waals surface area contributed by atoms with E-state index in [1.165, 1.54) is 16.7 Å². The number of rotatable bonds is 6. The Kier molecular flexibility index (Phi) is 4.46. The lowest BCUT2D eigenvalue weighted by Crippen LogP contribution is -2.40. The lowest BCUT2D eigenvalue weighted by atomic mass is 10.3. The molecule has 0 saturated heterocycles. The molecule has 1 aromatic rings. The quantitative estimate of drug-likeness (QED) is 0.585. The molecule has 22 heavy (non-hydrogen) atoms. The Labute approximate surface area is 130 Å². The van der Waals surface area contributed by atoms with Crippen LogP contribution < -0.4 is 4.74 Å². The van der Waals surface area contributed by atoms with Crippen LogP contribution in [-0.2, 0) is 14.8 Å². The second-order valence-corrected chi connectivity index (χ2v) is 7.56. The molecule has 1 unspecified atom stereocenters. The monoisotopic (exact) mass is 324 g/mol. The third kappa shape index (κ3) is 3.31. The highest BCUT2D eigenvalue weighted by Gasteiger charge is 2.38. The molecule has 0 N–H and O–H groups in total. The fraction of sp³-hybridized carbons (Fsp3) is 0.533. The molecule has 2 aliphatic rings. The summed E-state index contributed by atoms with van der Waals surface area (Å²) in [5, 5.41) is 0. The highest BCUT2D eigenvalue weighted by atomic mass is 32.2. The molecule has 1 saturated carbocycles. The summed E-state index contributed by atoms with van der Waals surface area (Å²) < 4.78 is 38.4. The van der Waals surface area contributed by atoms with E-state index in [0.29, 0.717) is 38.0 Å². The van der Waals surface area contributed by atoms with Crippen molar-refractivity contribution >= 4 is 10.0 Å². The van der Waals surface area contributed by atoms with E-state index in [9.17, 15) is 8.42 Å². The van der Waals surface area contributed by atoms with Crippen molar-refractivity contribution in [3.63, 3.8) is 0 Å². The Morgan fingerprint density at radius 3 is 3.05 bits per heavy atom. The van der Waals surface area contributed by atoms with Crippen LogP contribution in [0.1, 0.15) is 12.8 Å². The number of sulfonamides is 1. The number of hydrogen-bond acceptors (Lipinski definition) is 5. The van der Waals surface area contributed by atoms with Gasteiger partial charge in [-0.05, 0) is 24.8 Å². The molecular formula is C15H20N2O4S. The van der Waals surface area contributed by atoms with Crippen LogP contribution in [0.3, 0.4) is 0 Å². The highest BCUT2D eigenvalue weighted by Crippen LogP contribution is 2.35. The number of fused-ring (bicyclic) bond motifs is 1. The molecule has 1 aliphatic heterocycles. The minimum Gasteiger partial charge on any atom is -0.485 e. The molecule has 1 fully saturated rings. The third-order valence-electron chi connectivity index (χ3n) is 3.76. The topological polar surface area (TPSA) is 68.7 Å². The Balaban J connectivity index is 1.87. The summed E-state index contributed by atoms with van der Waals surface area (Å²) in [5.74, 6) is 0.809. The van der Waals surface area contributed by atoms with Crippen LogP contribution >= 0.6 is 0 Å². The standard InChI is InChI=1S/C15H20N2O4S/c1-2-7-20-11-13-10-17(9-12-3-4-12)22(18,19)15-8-16-6-5-14(15)21-13/h2,5-6,8,12-13H,1,3-4,7,9-11H2. The van der Waals surface area contributed by atoms with Crippen LogP contribution in [0.2, 0.25) is 0 Å². The summed E-state index contributed by atoms with van der Waals surface area (Å²) >= 11 is 0. The Hall–Kier alpha value is -1.44. The molecule has 120 valence electrons. The zero-order valence-electron chi connectivity index (χ0n) is 12.3. The van der Waals surface area contributed by atoms with Crippen molar-refractivity contribution in [2.45, 2.75) is 23.8 Å². The number of nitrogens with zero attached hydrogens (tertiary/aromatic N) is 2. The number of aromatic nitrogens is 1. The fourth-order valence-corrected chi connectivity index (χ4v) is 4.08. The van der Waals surface area contributed by atoms with E-state index in [4.69, 9.17) is 9.47 Å². The van der Waals surface area contributed by atoms with E-state index in [-0.39, 0.29) is 11.0 Å². The van der Waals surface area contributed by atoms with Crippen molar-refractivity contribution < 1.29 is 17.9 Å². The van der Waals surface area contributed by atoms with Gasteiger partial charge in [0.2, 0.25) is 10.0 Å². The van der Waals surface area contributed by atoms with Crippen LogP contribution in [0.25, 0.3) is 0 Å². The van der Waals surface area contributed by atoms with E-state index in [1.54, 1.807) is 12.1 Å². The maximum atomic E-state index is 12.8. The Morgan fingerprint density at radius 2 is 2.32 bits per heavy atom. The van der Waals surface area contributed by atoms with E-state index >= 15 is 0 Å². The van der Waals surface area contributed by atoms with Gasteiger partial charge in [-0.25, -0.2) is 8.42 Å². The third-order valence-corrected chi connectivity index (χ3v) is 5.60. The molecule has 1 atom stereocenters. The average molecular weight is 324 g/mol. The smallest absolute Gasteiger partial charge is 0.248 e. The molecule has 1 aliphatic carbocycles. The van der Waals surface area contributed by atoms with Gasteiger partial charge in [0.1, 0.15) is 16.7 Å². The average Bonchev–Trinajstić information content (AvgIpc) is 3.31. The molecule has 7 heteroatoms. The molecule has 0 aromatic carbocycles. The molecule has 0 spiro atoms. The summed E-state index contributed by atoms with van der Waals surface area (Å²) in [5.41, 5.74) is 0. The van der Waals surface area contributed by atoms with E-state index in [0.717, 1.165) is 12.8 Å². The lowest BCUT2D eigenvalue weighted by molar-refractivity contribution is 0.0546. The van der Waals surface area contributed by atoms with Gasteiger partial charge in [0, 0.05) is 12.7 Å². The van der Waals surface area contributed by atoms with E-state index in [1.807, 2.05) is 0 Å². The molecule has 6 nitrogen and oxygen atoms in total. The first kappa shape index (κ1) is 15.5. The molecule has 0 bridgehead atoms. The first-order chi connectivity index (χ1) is 10.6. The summed E-state index contributed by atoms with van der Waals surface area (Å²) in [4.78, 5) is 4.08. The lowest BCUT2D eigenvalue weighted by Gasteiger charge is -2.22. The summed E-state index contributed by atoms with van der Waals surface area (Å²) in [6.45, 7) is 5.18. The molecule has 1 aromatic heterocycles. The summed E-state index contributed by atoms with van der Waals surface area (Å²) in [6, 6.07) is 1.59. The number of ether oxygens (including phenoxy) is 2. The van der Waals surface area contributed by atoms with Crippen LogP contribution in [0, 0.1) is 5.92 Å². The Morgan fingerprint density at radius 1 is 1.50 bits per heavy atom. The van der Waals surface area contributed by atoms with Crippen molar-refractivity contribution in [2.24, 2.45) is 5.92 Å². The number of pyridine rings is 1. The molecular weight excluding hydrogens is 304 g/mol. The van der Waals surface area contributed by atoms with Crippen molar-refractivity contribution in [1.29, 1.82) is 0 Å². The van der Waals surface area contributed by atoms with Crippen molar-refractivity contribution in [3.05, 3.63) is 31.1 Å². The number of hydrogen-bond donors (Lipinski definition) is 0. The van der Waals surface area contributed by atoms with Gasteiger partial charge in [-0.1, -0.05) is 6.08 Å². The first-order valence-corrected chi connectivity index (χ1v) is 8.84. The van der Waals surface area contributed by atoms with Gasteiger partial charge < -0.3 is 9.47 Å². The summed E-state index contributed by atoms with van der Waals surface area (Å²) in [7, 11) is -3.57. The maximum Gasteiger partial charge on any atom is 0.248 e. The van der Waals surface area contributed by atoms with E-state index in [2.05, 4.69) is 11.6 Å². The highest BCUT2D eigenvalue weighted by molar-refractivity contribution is 7.89. The molecule has 3 rings (SSSR count). The SMILES string of the molecule is C=CCOCC1CN(CC2CC2)S(=O)(=O)c2cnccc2O1. The van der Waals surface area contributed by atoms with Gasteiger partial charge in [0.25, 0.3) is 0 Å². The van der Waals surface area contributed by atoms with Crippen molar-refractivity contribution in [3.8, 4) is 5.75 Å². The Bertz CT molecular complexity index is 643. The van der Waals surface area contributed by atoms with Crippen molar-refractivity contribution in [2.75, 3.05) is 26.3 Å². The first-order valence-electron chi connectivity index (χ1n) is 7.40.